The summed E-state index contributed by atoms with van der Waals surface area (Å²) in [6.07, 6.45) is 3.17. The van der Waals surface area contributed by atoms with E-state index >= 15 is 0 Å². The van der Waals surface area contributed by atoms with Crippen LogP contribution < -0.4 is 11.1 Å². The lowest BCUT2D eigenvalue weighted by molar-refractivity contribution is 0.631. The van der Waals surface area contributed by atoms with Gasteiger partial charge in [0.25, 0.3) is 0 Å². The van der Waals surface area contributed by atoms with E-state index in [1.165, 1.54) is 6.07 Å². The summed E-state index contributed by atoms with van der Waals surface area (Å²) in [4.78, 5) is 8.31. The molecule has 0 saturated carbocycles. The van der Waals surface area contributed by atoms with Crippen molar-refractivity contribution >= 4 is 21.9 Å². The summed E-state index contributed by atoms with van der Waals surface area (Å²) in [5, 5.41) is 3.05. The van der Waals surface area contributed by atoms with Crippen molar-refractivity contribution in [1.29, 1.82) is 0 Å². The van der Waals surface area contributed by atoms with Gasteiger partial charge in [-0.1, -0.05) is 15.9 Å². The monoisotopic (exact) mass is 324 g/mol. The Balaban J connectivity index is 2.25. The third-order valence-corrected chi connectivity index (χ3v) is 3.11. The zero-order chi connectivity index (χ0) is 13.8. The molecule has 1 atom stereocenters. The van der Waals surface area contributed by atoms with Crippen LogP contribution in [0.5, 0.6) is 0 Å². The maximum atomic E-state index is 13.7. The number of nitrogens with two attached hydrogens (primary N) is 1. The van der Waals surface area contributed by atoms with Crippen LogP contribution in [-0.2, 0) is 0 Å². The summed E-state index contributed by atoms with van der Waals surface area (Å²) in [5.41, 5.74) is 6.60. The predicted octanol–water partition coefficient (Wildman–Crippen LogP) is 2.80. The van der Waals surface area contributed by atoms with Gasteiger partial charge in [0, 0.05) is 40.6 Å². The Morgan fingerprint density at radius 3 is 2.68 bits per heavy atom. The van der Waals surface area contributed by atoms with E-state index < -0.39 is 0 Å². The Kier molecular flexibility index (Phi) is 4.44. The van der Waals surface area contributed by atoms with Crippen molar-refractivity contribution in [2.75, 3.05) is 11.9 Å². The van der Waals surface area contributed by atoms with Gasteiger partial charge in [-0.2, -0.15) is 0 Å². The van der Waals surface area contributed by atoms with Crippen LogP contribution in [0, 0.1) is 5.82 Å². The average Bonchev–Trinajstić information content (AvgIpc) is 2.42. The fourth-order valence-electron chi connectivity index (χ4n) is 1.54. The zero-order valence-electron chi connectivity index (χ0n) is 10.4. The number of aromatic nitrogens is 2. The molecule has 0 aliphatic carbocycles. The van der Waals surface area contributed by atoms with E-state index in [1.807, 2.05) is 6.92 Å². The van der Waals surface area contributed by atoms with Crippen LogP contribution in [0.15, 0.2) is 35.1 Å². The van der Waals surface area contributed by atoms with Crippen LogP contribution in [0.25, 0.3) is 11.1 Å². The smallest absolute Gasteiger partial charge is 0.222 e. The van der Waals surface area contributed by atoms with E-state index in [0.717, 1.165) is 4.47 Å². The molecule has 0 saturated heterocycles. The first-order valence-corrected chi connectivity index (χ1v) is 6.63. The molecule has 3 N–H and O–H groups in total. The molecule has 0 aliphatic heterocycles. The predicted molar refractivity (Wildman–Crippen MR) is 77.3 cm³/mol. The Morgan fingerprint density at radius 1 is 1.37 bits per heavy atom. The van der Waals surface area contributed by atoms with Crippen molar-refractivity contribution in [3.8, 4) is 11.1 Å². The molecule has 0 radical (unpaired) electrons. The Bertz CT molecular complexity index is 559. The van der Waals surface area contributed by atoms with Crippen molar-refractivity contribution in [2.45, 2.75) is 13.0 Å². The van der Waals surface area contributed by atoms with Crippen LogP contribution in [0.1, 0.15) is 6.92 Å². The highest BCUT2D eigenvalue weighted by Gasteiger charge is 2.08. The highest BCUT2D eigenvalue weighted by Crippen LogP contribution is 2.25. The summed E-state index contributed by atoms with van der Waals surface area (Å²) in [6, 6.07) is 4.85. The minimum atomic E-state index is -0.303. The number of halogens is 2. The van der Waals surface area contributed by atoms with Gasteiger partial charge in [-0.3, -0.25) is 0 Å². The molecule has 0 aliphatic rings. The second-order valence-electron chi connectivity index (χ2n) is 4.20. The number of hydrogen-bond donors (Lipinski definition) is 2. The van der Waals surface area contributed by atoms with E-state index in [1.54, 1.807) is 24.5 Å². The quantitative estimate of drug-likeness (QED) is 0.907. The highest BCUT2D eigenvalue weighted by atomic mass is 79.9. The van der Waals surface area contributed by atoms with Crippen LogP contribution in [0.3, 0.4) is 0 Å². The standard InChI is InChI=1S/C13H14BrFN4/c1-8(5-16)19-13-17-6-9(7-18-13)11-4-10(14)2-3-12(11)15/h2-4,6-8H,5,16H2,1H3,(H,17,18,19). The molecule has 0 fully saturated rings. The van der Waals surface area contributed by atoms with E-state index in [9.17, 15) is 4.39 Å². The third-order valence-electron chi connectivity index (χ3n) is 2.62. The Hall–Kier alpha value is -1.53. The first kappa shape index (κ1) is 13.9. The molecule has 1 unspecified atom stereocenters. The highest BCUT2D eigenvalue weighted by molar-refractivity contribution is 9.10. The second kappa shape index (κ2) is 6.08. The van der Waals surface area contributed by atoms with Crippen molar-refractivity contribution in [1.82, 2.24) is 9.97 Å². The summed E-state index contributed by atoms with van der Waals surface area (Å²) in [6.45, 7) is 2.43. The average molecular weight is 325 g/mol. The molecule has 1 aromatic heterocycles. The number of hydrogen-bond acceptors (Lipinski definition) is 4. The first-order valence-electron chi connectivity index (χ1n) is 5.84. The molecular formula is C13H14BrFN4. The van der Waals surface area contributed by atoms with Crippen molar-refractivity contribution in [3.05, 3.63) is 40.9 Å². The van der Waals surface area contributed by atoms with Crippen LogP contribution in [0.4, 0.5) is 10.3 Å². The van der Waals surface area contributed by atoms with Gasteiger partial charge in [-0.05, 0) is 25.1 Å². The number of rotatable bonds is 4. The molecule has 1 heterocycles. The second-order valence-corrected chi connectivity index (χ2v) is 5.12. The summed E-state index contributed by atoms with van der Waals surface area (Å²) in [7, 11) is 0. The summed E-state index contributed by atoms with van der Waals surface area (Å²) >= 11 is 3.32. The van der Waals surface area contributed by atoms with Crippen LogP contribution >= 0.6 is 15.9 Å². The minimum absolute atomic E-state index is 0.0912. The normalized spacial score (nSPS) is 12.2. The maximum Gasteiger partial charge on any atom is 0.222 e. The molecule has 19 heavy (non-hydrogen) atoms. The van der Waals surface area contributed by atoms with Gasteiger partial charge < -0.3 is 11.1 Å². The van der Waals surface area contributed by atoms with Gasteiger partial charge in [0.05, 0.1) is 0 Å². The molecule has 2 rings (SSSR count). The van der Waals surface area contributed by atoms with Crippen molar-refractivity contribution in [3.63, 3.8) is 0 Å². The first-order chi connectivity index (χ1) is 9.10. The van der Waals surface area contributed by atoms with Gasteiger partial charge in [-0.25, -0.2) is 14.4 Å². The van der Waals surface area contributed by atoms with Gasteiger partial charge in [0.15, 0.2) is 0 Å². The summed E-state index contributed by atoms with van der Waals surface area (Å²) in [5.74, 6) is 0.181. The third kappa shape index (κ3) is 3.48. The van der Waals surface area contributed by atoms with Gasteiger partial charge in [0.1, 0.15) is 5.82 Å². The van der Waals surface area contributed by atoms with Gasteiger partial charge in [0.2, 0.25) is 5.95 Å². The zero-order valence-corrected chi connectivity index (χ0v) is 12.0. The Morgan fingerprint density at radius 2 is 2.05 bits per heavy atom. The molecular weight excluding hydrogens is 311 g/mol. The lowest BCUT2D eigenvalue weighted by atomic mass is 10.1. The fraction of sp³-hybridized carbons (Fsp3) is 0.231. The van der Waals surface area contributed by atoms with E-state index in [0.29, 0.717) is 23.6 Å². The van der Waals surface area contributed by atoms with E-state index in [-0.39, 0.29) is 11.9 Å². The van der Waals surface area contributed by atoms with E-state index in [2.05, 4.69) is 31.2 Å². The summed E-state index contributed by atoms with van der Waals surface area (Å²) < 4.78 is 14.5. The lowest BCUT2D eigenvalue weighted by Crippen LogP contribution is -2.26. The molecule has 0 amide bonds. The minimum Gasteiger partial charge on any atom is -0.351 e. The molecule has 1 aromatic carbocycles. The number of nitrogens with zero attached hydrogens (tertiary/aromatic N) is 2. The van der Waals surface area contributed by atoms with Crippen LogP contribution in [0.2, 0.25) is 0 Å². The van der Waals surface area contributed by atoms with Crippen molar-refractivity contribution in [2.24, 2.45) is 5.73 Å². The molecule has 4 nitrogen and oxygen atoms in total. The maximum absolute atomic E-state index is 13.7. The molecule has 2 aromatic rings. The SMILES string of the molecule is CC(CN)Nc1ncc(-c2cc(Br)ccc2F)cn1. The van der Waals surface area contributed by atoms with Gasteiger partial charge >= 0.3 is 0 Å². The number of benzene rings is 1. The molecule has 100 valence electrons. The van der Waals surface area contributed by atoms with Crippen molar-refractivity contribution < 1.29 is 4.39 Å². The molecule has 0 bridgehead atoms. The fourth-order valence-corrected chi connectivity index (χ4v) is 1.90. The van der Waals surface area contributed by atoms with E-state index in [4.69, 9.17) is 5.73 Å². The lowest BCUT2D eigenvalue weighted by Gasteiger charge is -2.11. The molecule has 0 spiro atoms. The Labute approximate surface area is 119 Å². The van der Waals surface area contributed by atoms with Crippen LogP contribution in [-0.4, -0.2) is 22.6 Å². The molecule has 6 heteroatoms. The van der Waals surface area contributed by atoms with Gasteiger partial charge in [-0.15, -0.1) is 0 Å². The largest absolute Gasteiger partial charge is 0.351 e. The number of nitrogens with one attached hydrogen (secondary N) is 1. The number of anilines is 1. The topological polar surface area (TPSA) is 63.8 Å².